The molecular formula is C16H25NO. The van der Waals surface area contributed by atoms with Crippen LogP contribution in [0.3, 0.4) is 0 Å². The molecule has 0 spiro atoms. The lowest BCUT2D eigenvalue weighted by atomic mass is 10.1. The molecule has 0 heterocycles. The van der Waals surface area contributed by atoms with Crippen molar-refractivity contribution in [2.24, 2.45) is 0 Å². The monoisotopic (exact) mass is 247 g/mol. The van der Waals surface area contributed by atoms with Gasteiger partial charge in [0.1, 0.15) is 5.75 Å². The van der Waals surface area contributed by atoms with Crippen LogP contribution in [0.5, 0.6) is 5.75 Å². The minimum absolute atomic E-state index is 0.204. The van der Waals surface area contributed by atoms with Gasteiger partial charge in [0.2, 0.25) is 0 Å². The van der Waals surface area contributed by atoms with Crippen molar-refractivity contribution in [2.45, 2.75) is 46.3 Å². The first-order valence-electron chi connectivity index (χ1n) is 6.80. The topological polar surface area (TPSA) is 21.3 Å². The predicted molar refractivity (Wildman–Crippen MR) is 79.0 cm³/mol. The van der Waals surface area contributed by atoms with Gasteiger partial charge in [0.05, 0.1) is 6.10 Å². The van der Waals surface area contributed by atoms with E-state index >= 15 is 0 Å². The molecule has 1 unspecified atom stereocenters. The molecule has 1 N–H and O–H groups in total. The van der Waals surface area contributed by atoms with Gasteiger partial charge in [-0.3, -0.25) is 0 Å². The van der Waals surface area contributed by atoms with Crippen molar-refractivity contribution in [1.29, 1.82) is 0 Å². The van der Waals surface area contributed by atoms with Crippen LogP contribution < -0.4 is 10.1 Å². The molecule has 0 saturated carbocycles. The summed E-state index contributed by atoms with van der Waals surface area (Å²) in [6.07, 6.45) is 5.67. The van der Waals surface area contributed by atoms with Crippen LogP contribution in [0.1, 0.15) is 39.7 Å². The van der Waals surface area contributed by atoms with Gasteiger partial charge in [0.25, 0.3) is 0 Å². The van der Waals surface area contributed by atoms with Crippen molar-refractivity contribution >= 4 is 6.08 Å². The fourth-order valence-electron chi connectivity index (χ4n) is 1.67. The van der Waals surface area contributed by atoms with E-state index in [0.717, 1.165) is 24.3 Å². The maximum absolute atomic E-state index is 5.79. The fourth-order valence-corrected chi connectivity index (χ4v) is 1.67. The van der Waals surface area contributed by atoms with E-state index in [9.17, 15) is 0 Å². The quantitative estimate of drug-likeness (QED) is 0.789. The summed E-state index contributed by atoms with van der Waals surface area (Å²) >= 11 is 0. The van der Waals surface area contributed by atoms with E-state index in [1.807, 2.05) is 32.0 Å². The number of rotatable bonds is 7. The summed E-state index contributed by atoms with van der Waals surface area (Å²) in [5.74, 6) is 0.950. The third-order valence-electron chi connectivity index (χ3n) is 2.56. The molecule has 1 aromatic rings. The van der Waals surface area contributed by atoms with Crippen molar-refractivity contribution < 1.29 is 4.74 Å². The van der Waals surface area contributed by atoms with Crippen molar-refractivity contribution in [2.75, 3.05) is 6.54 Å². The Morgan fingerprint density at radius 2 is 1.94 bits per heavy atom. The lowest BCUT2D eigenvalue weighted by Crippen LogP contribution is -2.24. The Labute approximate surface area is 111 Å². The molecule has 1 rings (SSSR count). The molecule has 0 aliphatic carbocycles. The van der Waals surface area contributed by atoms with Gasteiger partial charge in [-0.05, 0) is 39.8 Å². The van der Waals surface area contributed by atoms with Crippen LogP contribution >= 0.6 is 0 Å². The van der Waals surface area contributed by atoms with Crippen molar-refractivity contribution in [1.82, 2.24) is 5.32 Å². The number of nitrogens with one attached hydrogen (secondary N) is 1. The van der Waals surface area contributed by atoms with Gasteiger partial charge >= 0.3 is 0 Å². The highest BCUT2D eigenvalue weighted by Crippen LogP contribution is 2.20. The molecule has 0 aliphatic heterocycles. The second-order valence-corrected chi connectivity index (χ2v) is 4.81. The summed E-state index contributed by atoms with van der Waals surface area (Å²) in [6, 6.07) is 8.53. The standard InChI is InChI=1S/C16H25NO/c1-5-12-17-14(4)10-11-15-8-6-7-9-16(15)18-13(2)3/h6-11,13-14,17H,5,12H2,1-4H3/b11-10+. The van der Waals surface area contributed by atoms with Crippen LogP contribution in [-0.2, 0) is 0 Å². The van der Waals surface area contributed by atoms with Gasteiger partial charge in [0, 0.05) is 11.6 Å². The second kappa shape index (κ2) is 7.93. The molecule has 2 heteroatoms. The number of para-hydroxylation sites is 1. The highest BCUT2D eigenvalue weighted by atomic mass is 16.5. The van der Waals surface area contributed by atoms with Gasteiger partial charge in [-0.15, -0.1) is 0 Å². The van der Waals surface area contributed by atoms with Crippen LogP contribution in [0.4, 0.5) is 0 Å². The molecule has 0 bridgehead atoms. The van der Waals surface area contributed by atoms with Crippen LogP contribution in [0.15, 0.2) is 30.3 Å². The zero-order valence-electron chi connectivity index (χ0n) is 11.9. The third kappa shape index (κ3) is 5.37. The van der Waals surface area contributed by atoms with Crippen molar-refractivity contribution in [3.8, 4) is 5.75 Å². The molecule has 1 aromatic carbocycles. The first-order valence-corrected chi connectivity index (χ1v) is 6.80. The predicted octanol–water partition coefficient (Wildman–Crippen LogP) is 3.88. The van der Waals surface area contributed by atoms with E-state index in [4.69, 9.17) is 4.74 Å². The minimum atomic E-state index is 0.204. The number of benzene rings is 1. The van der Waals surface area contributed by atoms with E-state index in [0.29, 0.717) is 6.04 Å². The maximum atomic E-state index is 5.79. The normalized spacial score (nSPS) is 13.2. The SMILES string of the molecule is CCCNC(C)/C=C/c1ccccc1OC(C)C. The average molecular weight is 247 g/mol. The van der Waals surface area contributed by atoms with E-state index in [-0.39, 0.29) is 6.10 Å². The molecule has 0 saturated heterocycles. The number of hydrogen-bond acceptors (Lipinski definition) is 2. The van der Waals surface area contributed by atoms with Gasteiger partial charge in [-0.2, -0.15) is 0 Å². The molecular weight excluding hydrogens is 222 g/mol. The lowest BCUT2D eigenvalue weighted by molar-refractivity contribution is 0.242. The Kier molecular flexibility index (Phi) is 6.51. The van der Waals surface area contributed by atoms with Crippen LogP contribution in [-0.4, -0.2) is 18.7 Å². The van der Waals surface area contributed by atoms with Crippen LogP contribution in [0, 0.1) is 0 Å². The zero-order valence-corrected chi connectivity index (χ0v) is 11.9. The zero-order chi connectivity index (χ0) is 13.4. The summed E-state index contributed by atoms with van der Waals surface area (Å²) < 4.78 is 5.79. The highest BCUT2D eigenvalue weighted by Gasteiger charge is 2.02. The summed E-state index contributed by atoms with van der Waals surface area (Å²) in [5.41, 5.74) is 1.14. The Balaban J connectivity index is 2.68. The lowest BCUT2D eigenvalue weighted by Gasteiger charge is -2.13. The van der Waals surface area contributed by atoms with Gasteiger partial charge in [-0.25, -0.2) is 0 Å². The van der Waals surface area contributed by atoms with E-state index in [2.05, 4.69) is 37.4 Å². The average Bonchev–Trinajstić information content (AvgIpc) is 2.34. The first-order chi connectivity index (χ1) is 8.63. The van der Waals surface area contributed by atoms with E-state index < -0.39 is 0 Å². The second-order valence-electron chi connectivity index (χ2n) is 4.81. The van der Waals surface area contributed by atoms with E-state index in [1.165, 1.54) is 0 Å². The van der Waals surface area contributed by atoms with Gasteiger partial charge in [-0.1, -0.05) is 37.3 Å². The molecule has 0 radical (unpaired) electrons. The van der Waals surface area contributed by atoms with Crippen LogP contribution in [0.2, 0.25) is 0 Å². The Bertz CT molecular complexity index is 371. The Hall–Kier alpha value is -1.28. The maximum Gasteiger partial charge on any atom is 0.126 e. The highest BCUT2D eigenvalue weighted by molar-refractivity contribution is 5.57. The Morgan fingerprint density at radius 3 is 2.61 bits per heavy atom. The molecule has 100 valence electrons. The first kappa shape index (κ1) is 14.8. The van der Waals surface area contributed by atoms with Gasteiger partial charge in [0.15, 0.2) is 0 Å². The smallest absolute Gasteiger partial charge is 0.126 e. The molecule has 18 heavy (non-hydrogen) atoms. The van der Waals surface area contributed by atoms with Gasteiger partial charge < -0.3 is 10.1 Å². The van der Waals surface area contributed by atoms with Crippen molar-refractivity contribution in [3.63, 3.8) is 0 Å². The molecule has 0 amide bonds. The fraction of sp³-hybridized carbons (Fsp3) is 0.500. The third-order valence-corrected chi connectivity index (χ3v) is 2.56. The number of ether oxygens (including phenoxy) is 1. The molecule has 2 nitrogen and oxygen atoms in total. The molecule has 0 aromatic heterocycles. The summed E-state index contributed by atoms with van der Waals surface area (Å²) in [7, 11) is 0. The Morgan fingerprint density at radius 1 is 1.22 bits per heavy atom. The minimum Gasteiger partial charge on any atom is -0.490 e. The summed E-state index contributed by atoms with van der Waals surface area (Å²) in [6.45, 7) is 9.49. The number of hydrogen-bond donors (Lipinski definition) is 1. The van der Waals surface area contributed by atoms with Crippen LogP contribution in [0.25, 0.3) is 6.08 Å². The van der Waals surface area contributed by atoms with E-state index in [1.54, 1.807) is 0 Å². The molecule has 1 atom stereocenters. The van der Waals surface area contributed by atoms with Crippen molar-refractivity contribution in [3.05, 3.63) is 35.9 Å². The molecule has 0 fully saturated rings. The molecule has 0 aliphatic rings. The summed E-state index contributed by atoms with van der Waals surface area (Å²) in [4.78, 5) is 0. The largest absolute Gasteiger partial charge is 0.490 e. The summed E-state index contributed by atoms with van der Waals surface area (Å²) in [5, 5.41) is 3.44.